The predicted molar refractivity (Wildman–Crippen MR) is 160 cm³/mol. The molecule has 0 spiro atoms. The van der Waals surface area contributed by atoms with Crippen LogP contribution in [0.4, 0.5) is 5.69 Å². The molecule has 5 nitrogen and oxygen atoms in total. The number of rotatable bonds is 10. The molecule has 0 fully saturated rings. The Hall–Kier alpha value is -3.19. The maximum Gasteiger partial charge on any atom is 0.119 e. The first-order chi connectivity index (χ1) is 18.5. The molecular weight excluding hydrogens is 490 g/mol. The molecule has 1 unspecified atom stereocenters. The highest BCUT2D eigenvalue weighted by atomic mass is 32.2. The van der Waals surface area contributed by atoms with Crippen LogP contribution in [0.5, 0.6) is 5.75 Å². The Kier molecular flexibility index (Phi) is 8.42. The number of aliphatic hydroxyl groups excluding tert-OH is 1. The fourth-order valence-corrected chi connectivity index (χ4v) is 6.01. The second kappa shape index (κ2) is 12.1. The lowest BCUT2D eigenvalue weighted by Gasteiger charge is -2.25. The molecule has 1 aromatic heterocycles. The molecule has 6 heteroatoms. The lowest BCUT2D eigenvalue weighted by atomic mass is 9.97. The van der Waals surface area contributed by atoms with Crippen molar-refractivity contribution in [3.8, 4) is 5.75 Å². The predicted octanol–water partition coefficient (Wildman–Crippen LogP) is 6.93. The second-order valence-electron chi connectivity index (χ2n) is 9.85. The van der Waals surface area contributed by atoms with E-state index in [2.05, 4.69) is 82.6 Å². The number of aryl methyl sites for hydroxylation is 1. The molecule has 1 aliphatic rings. The van der Waals surface area contributed by atoms with E-state index >= 15 is 0 Å². The largest absolute Gasteiger partial charge is 0.494 e. The van der Waals surface area contributed by atoms with Crippen molar-refractivity contribution in [1.29, 1.82) is 0 Å². The maximum absolute atomic E-state index is 11.0. The molecule has 4 aromatic rings. The number of benzene rings is 3. The molecule has 3 aromatic carbocycles. The third-order valence-corrected chi connectivity index (χ3v) is 8.15. The van der Waals surface area contributed by atoms with Crippen molar-refractivity contribution in [2.24, 2.45) is 0 Å². The van der Waals surface area contributed by atoms with Crippen LogP contribution in [0, 0.1) is 13.8 Å². The summed E-state index contributed by atoms with van der Waals surface area (Å²) in [5, 5.41) is 15.6. The summed E-state index contributed by atoms with van der Waals surface area (Å²) in [4.78, 5) is 1.29. The summed E-state index contributed by atoms with van der Waals surface area (Å²) in [6.07, 6.45) is 2.87. The maximum atomic E-state index is 11.0. The van der Waals surface area contributed by atoms with Crippen molar-refractivity contribution in [3.63, 3.8) is 0 Å². The minimum Gasteiger partial charge on any atom is -0.494 e. The number of nitrogens with one attached hydrogen (secondary N) is 1. The van der Waals surface area contributed by atoms with Crippen LogP contribution in [0.25, 0.3) is 16.5 Å². The average molecular weight is 528 g/mol. The molecule has 0 radical (unpaired) electrons. The molecule has 2 N–H and O–H groups in total. The van der Waals surface area contributed by atoms with Gasteiger partial charge in [-0.15, -0.1) is 0 Å². The van der Waals surface area contributed by atoms with Gasteiger partial charge in [0.05, 0.1) is 19.3 Å². The van der Waals surface area contributed by atoms with Crippen LogP contribution in [0.1, 0.15) is 30.2 Å². The van der Waals surface area contributed by atoms with Gasteiger partial charge >= 0.3 is 0 Å². The molecule has 0 saturated carbocycles. The van der Waals surface area contributed by atoms with Crippen LogP contribution in [0.2, 0.25) is 0 Å². The van der Waals surface area contributed by atoms with E-state index in [-0.39, 0.29) is 0 Å². The molecule has 0 saturated heterocycles. The van der Waals surface area contributed by atoms with E-state index in [0.29, 0.717) is 19.7 Å². The molecule has 38 heavy (non-hydrogen) atoms. The average Bonchev–Trinajstić information content (AvgIpc) is 3.21. The first-order valence-corrected chi connectivity index (χ1v) is 14.2. The Bertz CT molecular complexity index is 1390. The molecule has 2 heterocycles. The summed E-state index contributed by atoms with van der Waals surface area (Å²) in [7, 11) is 0. The van der Waals surface area contributed by atoms with Crippen LogP contribution < -0.4 is 10.1 Å². The van der Waals surface area contributed by atoms with Gasteiger partial charge in [-0.25, -0.2) is 4.31 Å². The van der Waals surface area contributed by atoms with Crippen molar-refractivity contribution in [1.82, 2.24) is 8.87 Å². The zero-order valence-corrected chi connectivity index (χ0v) is 23.3. The summed E-state index contributed by atoms with van der Waals surface area (Å²) in [6, 6.07) is 25.2. The number of aromatic nitrogens is 1. The van der Waals surface area contributed by atoms with Gasteiger partial charge in [0.1, 0.15) is 5.75 Å². The van der Waals surface area contributed by atoms with Crippen molar-refractivity contribution in [2.45, 2.75) is 44.7 Å². The van der Waals surface area contributed by atoms with Gasteiger partial charge in [-0.3, -0.25) is 0 Å². The third kappa shape index (κ3) is 6.09. The molecular formula is C32H37N3O2S. The van der Waals surface area contributed by atoms with Crippen LogP contribution in [-0.2, 0) is 6.54 Å². The van der Waals surface area contributed by atoms with Crippen molar-refractivity contribution in [3.05, 3.63) is 95.7 Å². The third-order valence-electron chi connectivity index (χ3n) is 7.08. The van der Waals surface area contributed by atoms with Crippen LogP contribution in [0.3, 0.4) is 0 Å². The minimum atomic E-state index is -0.523. The molecule has 5 rings (SSSR count). The van der Waals surface area contributed by atoms with E-state index in [0.717, 1.165) is 30.9 Å². The quantitative estimate of drug-likeness (QED) is 0.219. The Labute approximate surface area is 230 Å². The first kappa shape index (κ1) is 26.4. The zero-order valence-electron chi connectivity index (χ0n) is 22.5. The second-order valence-corrected chi connectivity index (χ2v) is 11.0. The van der Waals surface area contributed by atoms with E-state index in [9.17, 15) is 5.11 Å². The van der Waals surface area contributed by atoms with Gasteiger partial charge in [0.15, 0.2) is 0 Å². The molecule has 1 atom stereocenters. The molecule has 0 amide bonds. The highest BCUT2D eigenvalue weighted by Crippen LogP contribution is 2.36. The fraction of sp³-hybridized carbons (Fsp3) is 0.312. The van der Waals surface area contributed by atoms with Gasteiger partial charge in [0.2, 0.25) is 0 Å². The lowest BCUT2D eigenvalue weighted by molar-refractivity contribution is 0.167. The summed E-state index contributed by atoms with van der Waals surface area (Å²) in [6.45, 7) is 9.89. The molecule has 0 bridgehead atoms. The van der Waals surface area contributed by atoms with E-state index in [1.54, 1.807) is 0 Å². The Morgan fingerprint density at radius 2 is 1.76 bits per heavy atom. The fourth-order valence-electron chi connectivity index (χ4n) is 5.13. The van der Waals surface area contributed by atoms with E-state index in [4.69, 9.17) is 4.74 Å². The monoisotopic (exact) mass is 527 g/mol. The lowest BCUT2D eigenvalue weighted by Crippen LogP contribution is -2.25. The van der Waals surface area contributed by atoms with Crippen molar-refractivity contribution in [2.75, 3.05) is 31.6 Å². The van der Waals surface area contributed by atoms with Gasteiger partial charge in [0, 0.05) is 52.4 Å². The summed E-state index contributed by atoms with van der Waals surface area (Å²) >= 11 is 1.84. The van der Waals surface area contributed by atoms with Gasteiger partial charge in [-0.2, -0.15) is 0 Å². The summed E-state index contributed by atoms with van der Waals surface area (Å²) in [5.74, 6) is 0.856. The van der Waals surface area contributed by atoms with Gasteiger partial charge in [-0.05, 0) is 87.2 Å². The SMILES string of the molecule is CCOc1ccc(NCC(O)Cn2c(C)c(C3=CCN(Sc4ccc(C)cc4)CC3)c3ccccc32)cc1. The number of para-hydroxylation sites is 1. The number of hydrogen-bond donors (Lipinski definition) is 2. The van der Waals surface area contributed by atoms with E-state index in [1.165, 1.54) is 38.2 Å². The number of ether oxygens (including phenoxy) is 1. The normalized spacial score (nSPS) is 14.9. The number of aliphatic hydroxyl groups is 1. The number of hydrogen-bond acceptors (Lipinski definition) is 5. The Balaban J connectivity index is 1.28. The van der Waals surface area contributed by atoms with E-state index < -0.39 is 6.10 Å². The highest BCUT2D eigenvalue weighted by molar-refractivity contribution is 7.97. The molecule has 1 aliphatic heterocycles. The summed E-state index contributed by atoms with van der Waals surface area (Å²) < 4.78 is 10.2. The van der Waals surface area contributed by atoms with Crippen LogP contribution in [0.15, 0.2) is 83.8 Å². The van der Waals surface area contributed by atoms with Crippen LogP contribution in [-0.4, -0.2) is 46.3 Å². The Morgan fingerprint density at radius 1 is 1.00 bits per heavy atom. The number of anilines is 1. The first-order valence-electron chi connectivity index (χ1n) is 13.4. The topological polar surface area (TPSA) is 49.7 Å². The van der Waals surface area contributed by atoms with Crippen molar-refractivity contribution < 1.29 is 9.84 Å². The van der Waals surface area contributed by atoms with Gasteiger partial charge in [-0.1, -0.05) is 42.0 Å². The smallest absolute Gasteiger partial charge is 0.119 e. The van der Waals surface area contributed by atoms with Crippen molar-refractivity contribution >= 4 is 34.1 Å². The number of fused-ring (bicyclic) bond motifs is 1. The van der Waals surface area contributed by atoms with Crippen LogP contribution >= 0.6 is 11.9 Å². The van der Waals surface area contributed by atoms with Gasteiger partial charge in [0.25, 0.3) is 0 Å². The van der Waals surface area contributed by atoms with Gasteiger partial charge < -0.3 is 19.7 Å². The van der Waals surface area contributed by atoms with E-state index in [1.807, 2.05) is 43.1 Å². The minimum absolute atomic E-state index is 0.475. The Morgan fingerprint density at radius 3 is 2.47 bits per heavy atom. The highest BCUT2D eigenvalue weighted by Gasteiger charge is 2.22. The molecule has 0 aliphatic carbocycles. The number of nitrogens with zero attached hydrogens (tertiary/aromatic N) is 2. The zero-order chi connectivity index (χ0) is 26.5. The standard InChI is InChI=1S/C32H37N3O2S/c1-4-37-28-13-11-26(12-14-28)33-21-27(36)22-35-24(3)32(30-7-5-6-8-31(30)35)25-17-19-34(20-18-25)38-29-15-9-23(2)10-16-29/h5-17,27,33,36H,4,18-22H2,1-3H3. The summed E-state index contributed by atoms with van der Waals surface area (Å²) in [5.41, 5.74) is 7.39. The molecule has 198 valence electrons.